The summed E-state index contributed by atoms with van der Waals surface area (Å²) in [6, 6.07) is 10.4. The molecule has 0 amide bonds. The van der Waals surface area contributed by atoms with Crippen molar-refractivity contribution in [2.24, 2.45) is 5.92 Å². The number of nitrogens with zero attached hydrogens (tertiary/aromatic N) is 1. The summed E-state index contributed by atoms with van der Waals surface area (Å²) in [6.45, 7) is 1.76. The summed E-state index contributed by atoms with van der Waals surface area (Å²) in [5, 5.41) is 0. The van der Waals surface area contributed by atoms with Crippen LogP contribution in [0.1, 0.15) is 36.0 Å². The van der Waals surface area contributed by atoms with Crippen LogP contribution in [-0.2, 0) is 0 Å². The molecule has 2 saturated carbocycles. The number of benzene rings is 1. The molecule has 0 spiro atoms. The Morgan fingerprint density at radius 3 is 2.41 bits per heavy atom. The standard InChI is InChI=1S/C15H19NO/c17-15(13-4-2-1-3-5-13)11-16(14-8-9-14)10-12-6-7-12/h1-5,12,14H,6-11H2. The summed E-state index contributed by atoms with van der Waals surface area (Å²) in [6.07, 6.45) is 5.30. The second kappa shape index (κ2) is 4.61. The molecule has 0 aliphatic heterocycles. The molecule has 0 N–H and O–H groups in total. The van der Waals surface area contributed by atoms with Gasteiger partial charge in [0, 0.05) is 18.2 Å². The third-order valence-electron chi connectivity index (χ3n) is 3.70. The van der Waals surface area contributed by atoms with Crippen molar-refractivity contribution in [3.63, 3.8) is 0 Å². The highest BCUT2D eigenvalue weighted by Gasteiger charge is 2.34. The molecule has 0 heterocycles. The largest absolute Gasteiger partial charge is 0.293 e. The predicted octanol–water partition coefficient (Wildman–Crippen LogP) is 2.74. The monoisotopic (exact) mass is 229 g/mol. The molecule has 90 valence electrons. The van der Waals surface area contributed by atoms with Crippen molar-refractivity contribution < 1.29 is 4.79 Å². The highest BCUT2D eigenvalue weighted by Crippen LogP contribution is 2.34. The van der Waals surface area contributed by atoms with Crippen LogP contribution in [0.5, 0.6) is 0 Å². The Morgan fingerprint density at radius 1 is 1.12 bits per heavy atom. The highest BCUT2D eigenvalue weighted by atomic mass is 16.1. The third kappa shape index (κ3) is 2.95. The summed E-state index contributed by atoms with van der Waals surface area (Å²) < 4.78 is 0. The van der Waals surface area contributed by atoms with E-state index in [1.54, 1.807) is 0 Å². The molecule has 0 unspecified atom stereocenters. The van der Waals surface area contributed by atoms with E-state index in [0.29, 0.717) is 12.6 Å². The molecular weight excluding hydrogens is 210 g/mol. The lowest BCUT2D eigenvalue weighted by Crippen LogP contribution is -2.33. The molecule has 2 aliphatic carbocycles. The zero-order valence-electron chi connectivity index (χ0n) is 10.1. The fourth-order valence-corrected chi connectivity index (χ4v) is 2.31. The van der Waals surface area contributed by atoms with Gasteiger partial charge in [-0.15, -0.1) is 0 Å². The van der Waals surface area contributed by atoms with Gasteiger partial charge in [-0.1, -0.05) is 30.3 Å². The Labute approximate surface area is 103 Å². The number of hydrogen-bond donors (Lipinski definition) is 0. The van der Waals surface area contributed by atoms with Crippen molar-refractivity contribution in [3.8, 4) is 0 Å². The minimum atomic E-state index is 0.276. The third-order valence-corrected chi connectivity index (χ3v) is 3.70. The van der Waals surface area contributed by atoms with Crippen LogP contribution in [0.25, 0.3) is 0 Å². The van der Waals surface area contributed by atoms with Gasteiger partial charge in [0.25, 0.3) is 0 Å². The zero-order chi connectivity index (χ0) is 11.7. The van der Waals surface area contributed by atoms with Crippen LogP contribution in [0.15, 0.2) is 30.3 Å². The van der Waals surface area contributed by atoms with Crippen LogP contribution >= 0.6 is 0 Å². The van der Waals surface area contributed by atoms with Gasteiger partial charge in [0.15, 0.2) is 5.78 Å². The molecule has 0 saturated heterocycles. The van der Waals surface area contributed by atoms with Gasteiger partial charge in [-0.25, -0.2) is 0 Å². The van der Waals surface area contributed by atoms with Crippen LogP contribution < -0.4 is 0 Å². The van der Waals surface area contributed by atoms with E-state index < -0.39 is 0 Å². The molecule has 2 heteroatoms. The van der Waals surface area contributed by atoms with E-state index in [-0.39, 0.29) is 5.78 Å². The van der Waals surface area contributed by atoms with Gasteiger partial charge in [-0.05, 0) is 31.6 Å². The summed E-state index contributed by atoms with van der Waals surface area (Å²) in [4.78, 5) is 14.6. The maximum atomic E-state index is 12.1. The van der Waals surface area contributed by atoms with E-state index in [0.717, 1.165) is 18.0 Å². The molecule has 3 rings (SSSR count). The predicted molar refractivity (Wildman–Crippen MR) is 68.1 cm³/mol. The molecule has 2 aliphatic rings. The number of hydrogen-bond acceptors (Lipinski definition) is 2. The molecule has 0 radical (unpaired) electrons. The van der Waals surface area contributed by atoms with Gasteiger partial charge < -0.3 is 0 Å². The fourth-order valence-electron chi connectivity index (χ4n) is 2.31. The maximum Gasteiger partial charge on any atom is 0.176 e. The van der Waals surface area contributed by atoms with Crippen LogP contribution in [0.4, 0.5) is 0 Å². The second-order valence-electron chi connectivity index (χ2n) is 5.39. The fraction of sp³-hybridized carbons (Fsp3) is 0.533. The van der Waals surface area contributed by atoms with Crippen molar-refractivity contribution in [1.29, 1.82) is 0 Å². The van der Waals surface area contributed by atoms with E-state index in [2.05, 4.69) is 4.90 Å². The van der Waals surface area contributed by atoms with Crippen molar-refractivity contribution in [1.82, 2.24) is 4.90 Å². The average molecular weight is 229 g/mol. The average Bonchev–Trinajstić information content (AvgIpc) is 3.22. The number of carbonyl (C=O) groups is 1. The molecule has 1 aromatic rings. The summed E-state index contributed by atoms with van der Waals surface area (Å²) in [5.41, 5.74) is 0.856. The summed E-state index contributed by atoms with van der Waals surface area (Å²) in [7, 11) is 0. The van der Waals surface area contributed by atoms with Gasteiger partial charge in [0.2, 0.25) is 0 Å². The second-order valence-corrected chi connectivity index (χ2v) is 5.39. The topological polar surface area (TPSA) is 20.3 Å². The van der Waals surface area contributed by atoms with Gasteiger partial charge >= 0.3 is 0 Å². The molecule has 0 atom stereocenters. The van der Waals surface area contributed by atoms with E-state index in [1.165, 1.54) is 25.7 Å². The van der Waals surface area contributed by atoms with E-state index in [4.69, 9.17) is 0 Å². The number of Topliss-reactive ketones (excluding diaryl/α,β-unsaturated/α-hetero) is 1. The Balaban J connectivity index is 1.61. The van der Waals surface area contributed by atoms with Gasteiger partial charge in [0.05, 0.1) is 6.54 Å². The zero-order valence-corrected chi connectivity index (χ0v) is 10.1. The minimum absolute atomic E-state index is 0.276. The van der Waals surface area contributed by atoms with Gasteiger partial charge in [-0.3, -0.25) is 9.69 Å². The molecule has 0 aromatic heterocycles. The maximum absolute atomic E-state index is 12.1. The Morgan fingerprint density at radius 2 is 1.82 bits per heavy atom. The van der Waals surface area contributed by atoms with E-state index in [1.807, 2.05) is 30.3 Å². The lowest BCUT2D eigenvalue weighted by Gasteiger charge is -2.20. The molecule has 0 bridgehead atoms. The number of rotatable bonds is 6. The Bertz CT molecular complexity index is 393. The van der Waals surface area contributed by atoms with Crippen molar-refractivity contribution in [3.05, 3.63) is 35.9 Å². The SMILES string of the molecule is O=C(CN(CC1CC1)C1CC1)c1ccccc1. The Hall–Kier alpha value is -1.15. The van der Waals surface area contributed by atoms with E-state index in [9.17, 15) is 4.79 Å². The first-order valence-corrected chi connectivity index (χ1v) is 6.65. The highest BCUT2D eigenvalue weighted by molar-refractivity contribution is 5.97. The number of ketones is 1. The van der Waals surface area contributed by atoms with Crippen LogP contribution in [0, 0.1) is 5.92 Å². The number of carbonyl (C=O) groups excluding carboxylic acids is 1. The Kier molecular flexibility index (Phi) is 2.98. The van der Waals surface area contributed by atoms with Crippen molar-refractivity contribution in [2.75, 3.05) is 13.1 Å². The van der Waals surface area contributed by atoms with Crippen LogP contribution in [-0.4, -0.2) is 29.8 Å². The van der Waals surface area contributed by atoms with Crippen LogP contribution in [0.3, 0.4) is 0 Å². The van der Waals surface area contributed by atoms with Crippen molar-refractivity contribution >= 4 is 5.78 Å². The summed E-state index contributed by atoms with van der Waals surface area (Å²) in [5.74, 6) is 1.15. The first kappa shape index (κ1) is 11.0. The lowest BCUT2D eigenvalue weighted by molar-refractivity contribution is 0.0921. The molecule has 17 heavy (non-hydrogen) atoms. The molecule has 2 fully saturated rings. The smallest absolute Gasteiger partial charge is 0.176 e. The lowest BCUT2D eigenvalue weighted by atomic mass is 10.1. The molecule has 1 aromatic carbocycles. The normalized spacial score (nSPS) is 19.6. The first-order chi connectivity index (χ1) is 8.33. The molecule has 2 nitrogen and oxygen atoms in total. The molecular formula is C15H19NO. The van der Waals surface area contributed by atoms with Crippen LogP contribution in [0.2, 0.25) is 0 Å². The van der Waals surface area contributed by atoms with Gasteiger partial charge in [-0.2, -0.15) is 0 Å². The quantitative estimate of drug-likeness (QED) is 0.699. The first-order valence-electron chi connectivity index (χ1n) is 6.65. The minimum Gasteiger partial charge on any atom is -0.293 e. The van der Waals surface area contributed by atoms with Crippen molar-refractivity contribution in [2.45, 2.75) is 31.7 Å². The summed E-state index contributed by atoms with van der Waals surface area (Å²) >= 11 is 0. The van der Waals surface area contributed by atoms with E-state index >= 15 is 0 Å². The van der Waals surface area contributed by atoms with Gasteiger partial charge in [0.1, 0.15) is 0 Å².